The lowest BCUT2D eigenvalue weighted by Gasteiger charge is -2.36. The first-order valence-electron chi connectivity index (χ1n) is 6.83. The van der Waals surface area contributed by atoms with Crippen molar-refractivity contribution >= 4 is 0 Å². The van der Waals surface area contributed by atoms with E-state index in [1.54, 1.807) is 0 Å². The van der Waals surface area contributed by atoms with Crippen molar-refractivity contribution in [2.24, 2.45) is 0 Å². The first-order valence-corrected chi connectivity index (χ1v) is 6.83. The minimum Gasteiger partial charge on any atom is -0.314 e. The molecule has 1 rings (SSSR count). The molecule has 0 radical (unpaired) electrons. The molecule has 2 heteroatoms. The van der Waals surface area contributed by atoms with E-state index in [9.17, 15) is 0 Å². The molecule has 0 spiro atoms. The predicted molar refractivity (Wildman–Crippen MR) is 67.3 cm³/mol. The van der Waals surface area contributed by atoms with Gasteiger partial charge in [0.15, 0.2) is 0 Å². The SMILES string of the molecule is CCCCCCC1CNCCN1CCC. The Morgan fingerprint density at radius 2 is 2.00 bits per heavy atom. The summed E-state index contributed by atoms with van der Waals surface area (Å²) < 4.78 is 0. The fourth-order valence-electron chi connectivity index (χ4n) is 2.48. The summed E-state index contributed by atoms with van der Waals surface area (Å²) in [5.74, 6) is 0. The summed E-state index contributed by atoms with van der Waals surface area (Å²) in [6.45, 7) is 9.52. The molecular formula is C13H28N2. The maximum Gasteiger partial charge on any atom is 0.0221 e. The number of piperazine rings is 1. The molecule has 1 heterocycles. The molecule has 0 saturated carbocycles. The zero-order valence-electron chi connectivity index (χ0n) is 10.6. The highest BCUT2D eigenvalue weighted by atomic mass is 15.2. The van der Waals surface area contributed by atoms with Crippen LogP contribution < -0.4 is 5.32 Å². The topological polar surface area (TPSA) is 15.3 Å². The molecule has 1 unspecified atom stereocenters. The third-order valence-electron chi connectivity index (χ3n) is 3.37. The zero-order chi connectivity index (χ0) is 10.9. The van der Waals surface area contributed by atoms with E-state index in [1.165, 1.54) is 64.7 Å². The first kappa shape index (κ1) is 13.0. The zero-order valence-corrected chi connectivity index (χ0v) is 10.6. The van der Waals surface area contributed by atoms with E-state index in [1.807, 2.05) is 0 Å². The molecule has 1 aliphatic heterocycles. The Hall–Kier alpha value is -0.0800. The van der Waals surface area contributed by atoms with Gasteiger partial charge in [-0.2, -0.15) is 0 Å². The summed E-state index contributed by atoms with van der Waals surface area (Å²) in [4.78, 5) is 2.68. The van der Waals surface area contributed by atoms with Crippen molar-refractivity contribution in [2.75, 3.05) is 26.2 Å². The van der Waals surface area contributed by atoms with Crippen LogP contribution in [0.3, 0.4) is 0 Å². The third-order valence-corrected chi connectivity index (χ3v) is 3.37. The maximum atomic E-state index is 3.52. The smallest absolute Gasteiger partial charge is 0.0221 e. The van der Waals surface area contributed by atoms with Crippen LogP contribution in [0.15, 0.2) is 0 Å². The first-order chi connectivity index (χ1) is 7.38. The minimum atomic E-state index is 0.815. The molecule has 1 atom stereocenters. The van der Waals surface area contributed by atoms with Crippen molar-refractivity contribution in [3.05, 3.63) is 0 Å². The number of unbranched alkanes of at least 4 members (excludes halogenated alkanes) is 3. The van der Waals surface area contributed by atoms with Crippen LogP contribution in [-0.4, -0.2) is 37.1 Å². The van der Waals surface area contributed by atoms with Gasteiger partial charge < -0.3 is 5.32 Å². The Balaban J connectivity index is 2.17. The number of hydrogen-bond acceptors (Lipinski definition) is 2. The molecule has 0 aliphatic carbocycles. The van der Waals surface area contributed by atoms with E-state index in [0.717, 1.165) is 6.04 Å². The maximum absolute atomic E-state index is 3.52. The van der Waals surface area contributed by atoms with Gasteiger partial charge in [0.25, 0.3) is 0 Å². The van der Waals surface area contributed by atoms with Crippen molar-refractivity contribution in [1.29, 1.82) is 0 Å². The van der Waals surface area contributed by atoms with Crippen molar-refractivity contribution in [1.82, 2.24) is 10.2 Å². The van der Waals surface area contributed by atoms with E-state index < -0.39 is 0 Å². The van der Waals surface area contributed by atoms with Crippen molar-refractivity contribution in [2.45, 2.75) is 58.4 Å². The van der Waals surface area contributed by atoms with Gasteiger partial charge in [-0.25, -0.2) is 0 Å². The van der Waals surface area contributed by atoms with Crippen molar-refractivity contribution in [3.8, 4) is 0 Å². The summed E-state index contributed by atoms with van der Waals surface area (Å²) in [5.41, 5.74) is 0. The number of hydrogen-bond donors (Lipinski definition) is 1. The quantitative estimate of drug-likeness (QED) is 0.653. The van der Waals surface area contributed by atoms with Crippen molar-refractivity contribution < 1.29 is 0 Å². The normalized spacial score (nSPS) is 23.2. The van der Waals surface area contributed by atoms with Crippen LogP contribution in [0.2, 0.25) is 0 Å². The minimum absolute atomic E-state index is 0.815. The average molecular weight is 212 g/mol. The molecule has 15 heavy (non-hydrogen) atoms. The van der Waals surface area contributed by atoms with E-state index in [4.69, 9.17) is 0 Å². The summed E-state index contributed by atoms with van der Waals surface area (Å²) in [6.07, 6.45) is 8.29. The number of rotatable bonds is 7. The molecule has 0 amide bonds. The molecule has 0 bridgehead atoms. The Labute approximate surface area is 95.4 Å². The molecule has 90 valence electrons. The lowest BCUT2D eigenvalue weighted by Crippen LogP contribution is -2.51. The van der Waals surface area contributed by atoms with E-state index in [0.29, 0.717) is 0 Å². The van der Waals surface area contributed by atoms with Gasteiger partial charge in [0, 0.05) is 25.7 Å². The van der Waals surface area contributed by atoms with E-state index in [2.05, 4.69) is 24.1 Å². The lowest BCUT2D eigenvalue weighted by atomic mass is 10.0. The Morgan fingerprint density at radius 1 is 1.13 bits per heavy atom. The van der Waals surface area contributed by atoms with Gasteiger partial charge >= 0.3 is 0 Å². The van der Waals surface area contributed by atoms with Crippen LogP contribution in [-0.2, 0) is 0 Å². The molecule has 1 N–H and O–H groups in total. The molecule has 1 aliphatic rings. The molecule has 0 aromatic rings. The van der Waals surface area contributed by atoms with Gasteiger partial charge in [-0.3, -0.25) is 4.90 Å². The summed E-state index contributed by atoms with van der Waals surface area (Å²) >= 11 is 0. The van der Waals surface area contributed by atoms with Gasteiger partial charge in [0.2, 0.25) is 0 Å². The number of nitrogens with one attached hydrogen (secondary N) is 1. The second kappa shape index (κ2) is 8.12. The standard InChI is InChI=1S/C13H28N2/c1-3-5-6-7-8-13-12-14-9-11-15(13)10-4-2/h13-14H,3-12H2,1-2H3. The van der Waals surface area contributed by atoms with Gasteiger partial charge in [-0.05, 0) is 19.4 Å². The lowest BCUT2D eigenvalue weighted by molar-refractivity contribution is 0.150. The molecule has 2 nitrogen and oxygen atoms in total. The molecule has 1 saturated heterocycles. The van der Waals surface area contributed by atoms with Gasteiger partial charge in [0.05, 0.1) is 0 Å². The summed E-state index contributed by atoms with van der Waals surface area (Å²) in [6, 6.07) is 0.815. The van der Waals surface area contributed by atoms with E-state index in [-0.39, 0.29) is 0 Å². The fourth-order valence-corrected chi connectivity index (χ4v) is 2.48. The van der Waals surface area contributed by atoms with Crippen LogP contribution >= 0.6 is 0 Å². The molecule has 0 aromatic heterocycles. The molecular weight excluding hydrogens is 184 g/mol. The summed E-state index contributed by atoms with van der Waals surface area (Å²) in [7, 11) is 0. The summed E-state index contributed by atoms with van der Waals surface area (Å²) in [5, 5.41) is 3.52. The van der Waals surface area contributed by atoms with Gasteiger partial charge in [-0.1, -0.05) is 39.5 Å². The molecule has 1 fully saturated rings. The van der Waals surface area contributed by atoms with Crippen LogP contribution in [0.25, 0.3) is 0 Å². The second-order valence-corrected chi connectivity index (χ2v) is 4.74. The third kappa shape index (κ3) is 4.98. The highest BCUT2D eigenvalue weighted by molar-refractivity contribution is 4.79. The highest BCUT2D eigenvalue weighted by Gasteiger charge is 2.20. The Morgan fingerprint density at radius 3 is 2.73 bits per heavy atom. The van der Waals surface area contributed by atoms with Gasteiger partial charge in [-0.15, -0.1) is 0 Å². The van der Waals surface area contributed by atoms with Crippen LogP contribution in [0.5, 0.6) is 0 Å². The van der Waals surface area contributed by atoms with Crippen LogP contribution in [0, 0.1) is 0 Å². The monoisotopic (exact) mass is 212 g/mol. The van der Waals surface area contributed by atoms with Gasteiger partial charge in [0.1, 0.15) is 0 Å². The Kier molecular flexibility index (Phi) is 7.03. The second-order valence-electron chi connectivity index (χ2n) is 4.74. The molecule has 0 aromatic carbocycles. The van der Waals surface area contributed by atoms with Crippen LogP contribution in [0.4, 0.5) is 0 Å². The van der Waals surface area contributed by atoms with E-state index >= 15 is 0 Å². The predicted octanol–water partition coefficient (Wildman–Crippen LogP) is 2.64. The van der Waals surface area contributed by atoms with Crippen molar-refractivity contribution in [3.63, 3.8) is 0 Å². The fraction of sp³-hybridized carbons (Fsp3) is 1.00. The Bertz CT molecular complexity index is 145. The largest absolute Gasteiger partial charge is 0.314 e. The highest BCUT2D eigenvalue weighted by Crippen LogP contribution is 2.13. The average Bonchev–Trinajstić information content (AvgIpc) is 2.27. The van der Waals surface area contributed by atoms with Crippen LogP contribution in [0.1, 0.15) is 52.4 Å². The number of nitrogens with zero attached hydrogens (tertiary/aromatic N) is 1.